The number of benzene rings is 3. The molecule has 0 saturated carbocycles. The highest BCUT2D eigenvalue weighted by Gasteiger charge is 2.20. The van der Waals surface area contributed by atoms with Gasteiger partial charge in [0.25, 0.3) is 5.91 Å². The molecule has 44 heavy (non-hydrogen) atoms. The number of ether oxygens (including phenoxy) is 1. The van der Waals surface area contributed by atoms with E-state index in [-0.39, 0.29) is 11.8 Å². The standard InChI is InChI=1S/C34H30N6O2S2/c1-42-30-15-9-8-14-29(30)40-32(26-16-19-35-20-17-26)38-39-34(40)44-23-31-37-28(22-43-31)33(41)36-21-18-27(24-10-4-2-5-11-24)25-12-6-3-7-13-25/h2-17,19-20,22,27H,18,21,23H2,1H3,(H,36,41). The molecule has 6 aromatic rings. The molecule has 0 aliphatic heterocycles. The second-order valence-corrected chi connectivity index (χ2v) is 11.8. The van der Waals surface area contributed by atoms with Crippen molar-refractivity contribution in [2.24, 2.45) is 0 Å². The van der Waals surface area contributed by atoms with Gasteiger partial charge in [0.2, 0.25) is 0 Å². The number of hydrogen-bond acceptors (Lipinski definition) is 8. The van der Waals surface area contributed by atoms with Gasteiger partial charge in [-0.15, -0.1) is 21.5 Å². The molecular formula is C34H30N6O2S2. The van der Waals surface area contributed by atoms with Gasteiger partial charge in [-0.2, -0.15) is 0 Å². The number of carbonyl (C=O) groups excluding carboxylic acids is 1. The predicted octanol–water partition coefficient (Wildman–Crippen LogP) is 7.04. The van der Waals surface area contributed by atoms with Gasteiger partial charge in [0.1, 0.15) is 16.5 Å². The normalized spacial score (nSPS) is 11.0. The van der Waals surface area contributed by atoms with Crippen LogP contribution in [0.25, 0.3) is 17.1 Å². The van der Waals surface area contributed by atoms with Gasteiger partial charge < -0.3 is 10.1 Å². The van der Waals surface area contributed by atoms with Crippen LogP contribution >= 0.6 is 23.1 Å². The third kappa shape index (κ3) is 6.72. The minimum Gasteiger partial charge on any atom is -0.495 e. The van der Waals surface area contributed by atoms with Gasteiger partial charge in [-0.25, -0.2) is 4.98 Å². The summed E-state index contributed by atoms with van der Waals surface area (Å²) in [6.45, 7) is 0.536. The van der Waals surface area contributed by atoms with E-state index in [1.165, 1.54) is 34.2 Å². The summed E-state index contributed by atoms with van der Waals surface area (Å²) in [5.74, 6) is 1.95. The lowest BCUT2D eigenvalue weighted by atomic mass is 9.88. The summed E-state index contributed by atoms with van der Waals surface area (Å²) in [4.78, 5) is 21.8. The van der Waals surface area contributed by atoms with Crippen LogP contribution in [0.2, 0.25) is 0 Å². The van der Waals surface area contributed by atoms with Crippen LogP contribution < -0.4 is 10.1 Å². The highest BCUT2D eigenvalue weighted by molar-refractivity contribution is 7.98. The number of aromatic nitrogens is 5. The van der Waals surface area contributed by atoms with Gasteiger partial charge in [-0.1, -0.05) is 84.6 Å². The monoisotopic (exact) mass is 618 g/mol. The molecule has 0 unspecified atom stereocenters. The first kappa shape index (κ1) is 29.3. The predicted molar refractivity (Wildman–Crippen MR) is 174 cm³/mol. The molecule has 3 heterocycles. The molecule has 0 fully saturated rings. The molecule has 0 spiro atoms. The molecule has 0 atom stereocenters. The van der Waals surface area contributed by atoms with E-state index < -0.39 is 0 Å². The van der Waals surface area contributed by atoms with Gasteiger partial charge in [0.05, 0.1) is 18.6 Å². The molecule has 10 heteroatoms. The van der Waals surface area contributed by atoms with Crippen molar-refractivity contribution in [2.45, 2.75) is 23.2 Å². The van der Waals surface area contributed by atoms with Crippen molar-refractivity contribution in [3.05, 3.63) is 137 Å². The highest BCUT2D eigenvalue weighted by atomic mass is 32.2. The molecule has 0 bridgehead atoms. The Hall–Kier alpha value is -4.80. The molecule has 3 aromatic carbocycles. The van der Waals surface area contributed by atoms with Crippen LogP contribution in [0.4, 0.5) is 0 Å². The maximum Gasteiger partial charge on any atom is 0.270 e. The minimum atomic E-state index is -0.172. The summed E-state index contributed by atoms with van der Waals surface area (Å²) in [5, 5.41) is 15.4. The van der Waals surface area contributed by atoms with Crippen LogP contribution in [0.3, 0.4) is 0 Å². The summed E-state index contributed by atoms with van der Waals surface area (Å²) >= 11 is 2.97. The first-order chi connectivity index (χ1) is 21.7. The van der Waals surface area contributed by atoms with Crippen LogP contribution in [-0.2, 0) is 5.75 Å². The number of para-hydroxylation sites is 2. The highest BCUT2D eigenvalue weighted by Crippen LogP contribution is 2.34. The zero-order valence-electron chi connectivity index (χ0n) is 24.0. The van der Waals surface area contributed by atoms with Gasteiger partial charge in [0.15, 0.2) is 11.0 Å². The first-order valence-corrected chi connectivity index (χ1v) is 16.0. The van der Waals surface area contributed by atoms with Crippen LogP contribution in [0, 0.1) is 0 Å². The van der Waals surface area contributed by atoms with E-state index in [1.807, 2.05) is 58.5 Å². The number of rotatable bonds is 12. The number of hydrogen-bond donors (Lipinski definition) is 1. The molecular weight excluding hydrogens is 589 g/mol. The Morgan fingerprint density at radius 2 is 1.59 bits per heavy atom. The largest absolute Gasteiger partial charge is 0.495 e. The zero-order valence-corrected chi connectivity index (χ0v) is 25.7. The van der Waals surface area contributed by atoms with E-state index in [9.17, 15) is 4.79 Å². The number of amides is 1. The lowest BCUT2D eigenvalue weighted by Gasteiger charge is -2.18. The SMILES string of the molecule is COc1ccccc1-n1c(SCc2nc(C(=O)NCCC(c3ccccc3)c3ccccc3)cs2)nnc1-c1ccncc1. The third-order valence-electron chi connectivity index (χ3n) is 7.13. The number of nitrogens with zero attached hydrogens (tertiary/aromatic N) is 5. The molecule has 220 valence electrons. The van der Waals surface area contributed by atoms with Gasteiger partial charge >= 0.3 is 0 Å². The average molecular weight is 619 g/mol. The molecule has 8 nitrogen and oxygen atoms in total. The fourth-order valence-electron chi connectivity index (χ4n) is 5.01. The number of thioether (sulfide) groups is 1. The maximum atomic E-state index is 13.0. The van der Waals surface area contributed by atoms with E-state index in [1.54, 1.807) is 19.5 Å². The Bertz CT molecular complexity index is 1770. The summed E-state index contributed by atoms with van der Waals surface area (Å²) in [6, 6.07) is 32.4. The van der Waals surface area contributed by atoms with Crippen LogP contribution in [0.5, 0.6) is 5.75 Å². The van der Waals surface area contributed by atoms with E-state index in [4.69, 9.17) is 4.74 Å². The lowest BCUT2D eigenvalue weighted by Crippen LogP contribution is -2.26. The second-order valence-electron chi connectivity index (χ2n) is 9.88. The number of carbonyl (C=O) groups is 1. The van der Waals surface area contributed by atoms with Crippen LogP contribution in [0.15, 0.2) is 120 Å². The van der Waals surface area contributed by atoms with E-state index in [0.29, 0.717) is 34.7 Å². The fraction of sp³-hybridized carbons (Fsp3) is 0.147. The third-order valence-corrected chi connectivity index (χ3v) is 9.10. The number of thiazole rings is 1. The summed E-state index contributed by atoms with van der Waals surface area (Å²) in [6.07, 6.45) is 4.25. The topological polar surface area (TPSA) is 94.8 Å². The average Bonchev–Trinajstić information content (AvgIpc) is 3.74. The maximum absolute atomic E-state index is 13.0. The van der Waals surface area contributed by atoms with E-state index >= 15 is 0 Å². The molecule has 0 saturated heterocycles. The fourth-order valence-corrected chi connectivity index (χ4v) is 6.74. The second kappa shape index (κ2) is 14.1. The molecule has 0 aliphatic carbocycles. The molecule has 0 radical (unpaired) electrons. The van der Waals surface area contributed by atoms with Crippen molar-refractivity contribution >= 4 is 29.0 Å². The number of nitrogens with one attached hydrogen (secondary N) is 1. The smallest absolute Gasteiger partial charge is 0.270 e. The Morgan fingerprint density at radius 1 is 0.909 bits per heavy atom. The van der Waals surface area contributed by atoms with Crippen LogP contribution in [0.1, 0.15) is 39.0 Å². The molecule has 1 amide bonds. The lowest BCUT2D eigenvalue weighted by molar-refractivity contribution is 0.0948. The van der Waals surface area contributed by atoms with Crippen molar-refractivity contribution in [3.63, 3.8) is 0 Å². The van der Waals surface area contributed by atoms with Crippen molar-refractivity contribution < 1.29 is 9.53 Å². The molecule has 6 rings (SSSR count). The van der Waals surface area contributed by atoms with Gasteiger partial charge in [-0.05, 0) is 41.8 Å². The van der Waals surface area contributed by atoms with Crippen molar-refractivity contribution in [1.29, 1.82) is 0 Å². The van der Waals surface area contributed by atoms with Crippen LogP contribution in [-0.4, -0.2) is 44.3 Å². The summed E-state index contributed by atoms with van der Waals surface area (Å²) in [7, 11) is 1.65. The minimum absolute atomic E-state index is 0.172. The van der Waals surface area contributed by atoms with Gasteiger partial charge in [0, 0.05) is 35.8 Å². The van der Waals surface area contributed by atoms with Crippen molar-refractivity contribution in [1.82, 2.24) is 30.0 Å². The Labute approximate surface area is 264 Å². The Morgan fingerprint density at radius 3 is 2.30 bits per heavy atom. The summed E-state index contributed by atoms with van der Waals surface area (Å²) in [5.41, 5.74) is 4.60. The molecule has 3 aromatic heterocycles. The van der Waals surface area contributed by atoms with Crippen molar-refractivity contribution in [3.8, 4) is 22.8 Å². The Balaban J connectivity index is 1.13. The Kier molecular flexibility index (Phi) is 9.39. The zero-order chi connectivity index (χ0) is 30.1. The van der Waals surface area contributed by atoms with Crippen molar-refractivity contribution in [2.75, 3.05) is 13.7 Å². The summed E-state index contributed by atoms with van der Waals surface area (Å²) < 4.78 is 7.63. The molecule has 0 aliphatic rings. The first-order valence-electron chi connectivity index (χ1n) is 14.2. The van der Waals surface area contributed by atoms with E-state index in [0.717, 1.165) is 22.7 Å². The number of pyridine rings is 1. The number of methoxy groups -OCH3 is 1. The van der Waals surface area contributed by atoms with Gasteiger partial charge in [-0.3, -0.25) is 14.3 Å². The van der Waals surface area contributed by atoms with E-state index in [2.05, 4.69) is 74.0 Å². The quantitative estimate of drug-likeness (QED) is 0.147. The molecule has 1 N–H and O–H groups in total.